The third kappa shape index (κ3) is 2260. The molecule has 34 valence electrons. The quantitative estimate of drug-likeness (QED) is 0.419. The molecule has 0 aromatic carbocycles. The van der Waals surface area contributed by atoms with Gasteiger partial charge in [-0.2, -0.15) is 0 Å². The van der Waals surface area contributed by atoms with Gasteiger partial charge in [0.25, 0.3) is 0 Å². The van der Waals surface area contributed by atoms with Crippen molar-refractivity contribution in [2.75, 3.05) is 0 Å². The van der Waals surface area contributed by atoms with Gasteiger partial charge in [-0.1, -0.05) is 0 Å². The molecule has 0 aliphatic heterocycles. The van der Waals surface area contributed by atoms with Gasteiger partial charge in [0.15, 0.2) is 0 Å². The van der Waals surface area contributed by atoms with Crippen LogP contribution in [0.2, 0.25) is 0 Å². The highest BCUT2D eigenvalue weighted by Gasteiger charge is 1.69. The fourth-order valence-corrected chi connectivity index (χ4v) is 0. The van der Waals surface area contributed by atoms with Crippen molar-refractivity contribution in [1.82, 2.24) is 0 Å². The van der Waals surface area contributed by atoms with Crippen LogP contribution < -0.4 is 0 Å². The summed E-state index contributed by atoms with van der Waals surface area (Å²) < 4.78 is 0. The lowest BCUT2D eigenvalue weighted by molar-refractivity contribution is 0.216. The molecule has 0 atom stereocenters. The second-order valence-electron chi connectivity index (χ2n) is 1.09. The zero-order valence-electron chi connectivity index (χ0n) is 3.52. The van der Waals surface area contributed by atoms with Crippen molar-refractivity contribution in [3.05, 3.63) is 0 Å². The first-order valence-corrected chi connectivity index (χ1v) is 1.41. The van der Waals surface area contributed by atoms with E-state index in [9.17, 15) is 0 Å². The zero-order chi connectivity index (χ0) is 3.58. The van der Waals surface area contributed by atoms with Crippen LogP contribution in [-0.4, -0.2) is 16.7 Å². The summed E-state index contributed by atoms with van der Waals surface area (Å²) in [5.41, 5.74) is 0. The fourth-order valence-electron chi connectivity index (χ4n) is 0. The van der Waals surface area contributed by atoms with Gasteiger partial charge in [-0.15, -0.1) is 0 Å². The zero-order valence-corrected chi connectivity index (χ0v) is 3.52. The largest absolute Gasteiger partial charge is 0.412 e. The van der Waals surface area contributed by atoms with Gasteiger partial charge in [-0.05, 0) is 13.8 Å². The monoisotopic (exact) mass is 78.1 g/mol. The molecule has 0 saturated heterocycles. The molecule has 2 heteroatoms. The lowest BCUT2D eigenvalue weighted by Crippen LogP contribution is -1.85. The Bertz CT molecular complexity index is 9.61. The average Bonchev–Trinajstić information content (AvgIpc) is 0.811. The number of aliphatic hydroxyl groups is 1. The molecule has 0 radical (unpaired) electrons. The molecule has 0 amide bonds. The van der Waals surface area contributed by atoms with E-state index < -0.39 is 0 Å². The van der Waals surface area contributed by atoms with Crippen molar-refractivity contribution in [1.29, 1.82) is 0 Å². The average molecular weight is 78.1 g/mol. The summed E-state index contributed by atoms with van der Waals surface area (Å²) in [6, 6.07) is 0. The molecule has 0 aliphatic carbocycles. The molecule has 0 bridgehead atoms. The summed E-state index contributed by atoms with van der Waals surface area (Å²) in [4.78, 5) is 0. The van der Waals surface area contributed by atoms with Crippen LogP contribution in [-0.2, 0) is 0 Å². The molecule has 0 aliphatic rings. The van der Waals surface area contributed by atoms with E-state index in [1.807, 2.05) is 0 Å². The van der Waals surface area contributed by atoms with Crippen LogP contribution in [0.1, 0.15) is 13.8 Å². The maximum absolute atomic E-state index is 8.06. The summed E-state index contributed by atoms with van der Waals surface area (Å²) in [7, 11) is 0. The van der Waals surface area contributed by atoms with Crippen LogP contribution in [0.5, 0.6) is 0 Å². The van der Waals surface area contributed by atoms with E-state index in [-0.39, 0.29) is 11.6 Å². The summed E-state index contributed by atoms with van der Waals surface area (Å²) in [6.45, 7) is 3.44. The van der Waals surface area contributed by atoms with Gasteiger partial charge in [-0.3, -0.25) is 0 Å². The van der Waals surface area contributed by atoms with Gasteiger partial charge >= 0.3 is 0 Å². The van der Waals surface area contributed by atoms with Crippen molar-refractivity contribution in [2.24, 2.45) is 0 Å². The normalized spacial score (nSPS) is 7.20. The minimum absolute atomic E-state index is 0. The van der Waals surface area contributed by atoms with Crippen molar-refractivity contribution < 1.29 is 10.6 Å². The van der Waals surface area contributed by atoms with Gasteiger partial charge < -0.3 is 10.6 Å². The molecule has 0 rings (SSSR count). The molecule has 3 N–H and O–H groups in total. The summed E-state index contributed by atoms with van der Waals surface area (Å²) in [5.74, 6) is 0. The van der Waals surface area contributed by atoms with Crippen LogP contribution in [0.15, 0.2) is 0 Å². The summed E-state index contributed by atoms with van der Waals surface area (Å²) in [6.07, 6.45) is -0.167. The predicted octanol–water partition coefficient (Wildman–Crippen LogP) is -0.438. The summed E-state index contributed by atoms with van der Waals surface area (Å²) >= 11 is 0. The van der Waals surface area contributed by atoms with Crippen molar-refractivity contribution in [3.63, 3.8) is 0 Å². The van der Waals surface area contributed by atoms with E-state index in [4.69, 9.17) is 5.11 Å². The van der Waals surface area contributed by atoms with Crippen molar-refractivity contribution >= 4 is 0 Å². The fraction of sp³-hybridized carbons (Fsp3) is 1.00. The van der Waals surface area contributed by atoms with Gasteiger partial charge in [0.05, 0.1) is 0 Å². The van der Waals surface area contributed by atoms with E-state index in [0.29, 0.717) is 0 Å². The van der Waals surface area contributed by atoms with Crippen LogP contribution in [0.25, 0.3) is 0 Å². The maximum atomic E-state index is 8.06. The van der Waals surface area contributed by atoms with E-state index >= 15 is 0 Å². The molecule has 5 heavy (non-hydrogen) atoms. The molecule has 0 aromatic heterocycles. The Labute approximate surface area is 31.7 Å². The number of aliphatic hydroxyl groups excluding tert-OH is 1. The summed E-state index contributed by atoms with van der Waals surface area (Å²) in [5, 5.41) is 8.06. The van der Waals surface area contributed by atoms with Crippen molar-refractivity contribution in [2.45, 2.75) is 20.0 Å². The minimum atomic E-state index is -0.167. The molecule has 0 saturated carbocycles. The van der Waals surface area contributed by atoms with Crippen LogP contribution >= 0.6 is 0 Å². The third-order valence-electron chi connectivity index (χ3n) is 0. The first-order chi connectivity index (χ1) is 1.73. The first-order valence-electron chi connectivity index (χ1n) is 1.41. The topological polar surface area (TPSA) is 51.7 Å². The highest BCUT2D eigenvalue weighted by atomic mass is 16.3. The molecule has 0 spiro atoms. The van der Waals surface area contributed by atoms with Gasteiger partial charge in [0.2, 0.25) is 0 Å². The lowest BCUT2D eigenvalue weighted by atomic mass is 10.5. The predicted molar refractivity (Wildman–Crippen MR) is 21.0 cm³/mol. The first kappa shape index (κ1) is 8.87. The molecule has 0 heterocycles. The van der Waals surface area contributed by atoms with E-state index in [1.165, 1.54) is 0 Å². The minimum Gasteiger partial charge on any atom is -0.412 e. The van der Waals surface area contributed by atoms with E-state index in [1.54, 1.807) is 13.8 Å². The molecule has 2 nitrogen and oxygen atoms in total. The maximum Gasteiger partial charge on any atom is 0.0483 e. The molecular weight excluding hydrogens is 68.0 g/mol. The third-order valence-corrected chi connectivity index (χ3v) is 0. The molecule has 0 aromatic rings. The van der Waals surface area contributed by atoms with Gasteiger partial charge in [0, 0.05) is 6.10 Å². The van der Waals surface area contributed by atoms with Crippen LogP contribution in [0.3, 0.4) is 0 Å². The smallest absolute Gasteiger partial charge is 0.0483 e. The van der Waals surface area contributed by atoms with E-state index in [0.717, 1.165) is 0 Å². The number of hydrogen-bond acceptors (Lipinski definition) is 1. The Hall–Kier alpha value is -0.0800. The Morgan fingerprint density at radius 3 is 1.40 bits per heavy atom. The Morgan fingerprint density at radius 1 is 1.40 bits per heavy atom. The second-order valence-corrected chi connectivity index (χ2v) is 1.09. The Balaban J connectivity index is 0. The molecule has 0 unspecified atom stereocenters. The molecule has 0 fully saturated rings. The number of rotatable bonds is 0. The molecular formula is C3H10O2. The highest BCUT2D eigenvalue weighted by Crippen LogP contribution is 1.65. The van der Waals surface area contributed by atoms with E-state index in [2.05, 4.69) is 0 Å². The van der Waals surface area contributed by atoms with Gasteiger partial charge in [0.1, 0.15) is 0 Å². The standard InChI is InChI=1S/C3H8O.H2O/c1-3(2)4;/h3-4H,1-2H3;1H2. The SMILES string of the molecule is CC(C)O.O. The second kappa shape index (κ2) is 3.92. The number of hydrogen-bond donors (Lipinski definition) is 1. The van der Waals surface area contributed by atoms with Gasteiger partial charge in [-0.25, -0.2) is 0 Å². The lowest BCUT2D eigenvalue weighted by Gasteiger charge is -1.80. The van der Waals surface area contributed by atoms with Crippen molar-refractivity contribution in [3.8, 4) is 0 Å². The highest BCUT2D eigenvalue weighted by molar-refractivity contribution is 4.20. The Kier molecular flexibility index (Phi) is 6.95. The Morgan fingerprint density at radius 2 is 1.40 bits per heavy atom. The van der Waals surface area contributed by atoms with Crippen LogP contribution in [0, 0.1) is 0 Å². The van der Waals surface area contributed by atoms with Crippen LogP contribution in [0.4, 0.5) is 0 Å².